The molecule has 0 spiro atoms. The van der Waals surface area contributed by atoms with Crippen LogP contribution in [0.5, 0.6) is 5.75 Å². The zero-order valence-corrected chi connectivity index (χ0v) is 10.3. The molecule has 0 saturated heterocycles. The van der Waals surface area contributed by atoms with Gasteiger partial charge in [-0.2, -0.15) is 0 Å². The highest BCUT2D eigenvalue weighted by atomic mass is 79.9. The molecule has 5 heteroatoms. The third-order valence-corrected chi connectivity index (χ3v) is 3.02. The fraction of sp³-hybridized carbons (Fsp3) is 0.182. The van der Waals surface area contributed by atoms with Crippen LogP contribution in [0.2, 0.25) is 0 Å². The Hall–Kier alpha value is -1.49. The first-order valence-electron chi connectivity index (χ1n) is 4.51. The van der Waals surface area contributed by atoms with Crippen molar-refractivity contribution in [2.24, 2.45) is 0 Å². The maximum absolute atomic E-state index is 11.3. The number of carbonyl (C=O) groups excluding carboxylic acids is 1. The molecule has 0 aliphatic heterocycles. The van der Waals surface area contributed by atoms with E-state index in [9.17, 15) is 4.79 Å². The Morgan fingerprint density at radius 2 is 2.12 bits per heavy atom. The molecule has 1 aromatic carbocycles. The van der Waals surface area contributed by atoms with Gasteiger partial charge in [0.1, 0.15) is 11.3 Å². The fourth-order valence-corrected chi connectivity index (χ4v) is 2.02. The second-order valence-electron chi connectivity index (χ2n) is 3.10. The van der Waals surface area contributed by atoms with Gasteiger partial charge < -0.3 is 13.9 Å². The highest BCUT2D eigenvalue weighted by Gasteiger charge is 2.15. The molecule has 1 aromatic heterocycles. The third-order valence-electron chi connectivity index (χ3n) is 2.21. The van der Waals surface area contributed by atoms with Crippen LogP contribution in [0.3, 0.4) is 0 Å². The summed E-state index contributed by atoms with van der Waals surface area (Å²) in [7, 11) is 2.89. The van der Waals surface area contributed by atoms with Gasteiger partial charge in [-0.15, -0.1) is 0 Å². The lowest BCUT2D eigenvalue weighted by Crippen LogP contribution is -1.97. The van der Waals surface area contributed by atoms with E-state index in [1.54, 1.807) is 25.3 Å². The standard InChI is InChI=1S/C11H9BrO4/c1-14-8-4-3-7-6(10(8)12)5-9(16-7)11(13)15-2/h3-5H,1-2H3. The van der Waals surface area contributed by atoms with Crippen molar-refractivity contribution in [3.63, 3.8) is 0 Å². The predicted octanol–water partition coefficient (Wildman–Crippen LogP) is 2.99. The number of hydrogen-bond donors (Lipinski definition) is 0. The van der Waals surface area contributed by atoms with Crippen molar-refractivity contribution in [2.75, 3.05) is 14.2 Å². The van der Waals surface area contributed by atoms with Crippen molar-refractivity contribution >= 4 is 32.9 Å². The van der Waals surface area contributed by atoms with Crippen molar-refractivity contribution in [2.45, 2.75) is 0 Å². The minimum Gasteiger partial charge on any atom is -0.496 e. The molecule has 0 bridgehead atoms. The summed E-state index contributed by atoms with van der Waals surface area (Å²) in [6.07, 6.45) is 0. The summed E-state index contributed by atoms with van der Waals surface area (Å²) in [6, 6.07) is 5.12. The van der Waals surface area contributed by atoms with Crippen LogP contribution in [0.4, 0.5) is 0 Å². The lowest BCUT2D eigenvalue weighted by Gasteiger charge is -2.01. The molecule has 16 heavy (non-hydrogen) atoms. The molecular weight excluding hydrogens is 276 g/mol. The number of hydrogen-bond acceptors (Lipinski definition) is 4. The first kappa shape index (κ1) is 11.0. The van der Waals surface area contributed by atoms with Gasteiger partial charge in [-0.25, -0.2) is 4.79 Å². The number of furan rings is 1. The van der Waals surface area contributed by atoms with Crippen molar-refractivity contribution in [1.29, 1.82) is 0 Å². The van der Waals surface area contributed by atoms with Gasteiger partial charge in [0, 0.05) is 11.5 Å². The molecule has 0 atom stereocenters. The lowest BCUT2D eigenvalue weighted by molar-refractivity contribution is 0.0567. The monoisotopic (exact) mass is 284 g/mol. The Morgan fingerprint density at radius 3 is 2.75 bits per heavy atom. The van der Waals surface area contributed by atoms with E-state index in [0.29, 0.717) is 11.3 Å². The van der Waals surface area contributed by atoms with Gasteiger partial charge in [-0.1, -0.05) is 0 Å². The van der Waals surface area contributed by atoms with Crippen LogP contribution < -0.4 is 4.74 Å². The van der Waals surface area contributed by atoms with Gasteiger partial charge in [-0.3, -0.25) is 0 Å². The summed E-state index contributed by atoms with van der Waals surface area (Å²) < 4.78 is 15.8. The molecule has 0 aliphatic rings. The molecule has 0 saturated carbocycles. The lowest BCUT2D eigenvalue weighted by atomic mass is 10.2. The van der Waals surface area contributed by atoms with Crippen molar-refractivity contribution in [1.82, 2.24) is 0 Å². The Balaban J connectivity index is 2.62. The highest BCUT2D eigenvalue weighted by Crippen LogP contribution is 2.34. The number of methoxy groups -OCH3 is 2. The van der Waals surface area contributed by atoms with Crippen LogP contribution in [0, 0.1) is 0 Å². The molecule has 0 unspecified atom stereocenters. The van der Waals surface area contributed by atoms with Crippen LogP contribution in [-0.2, 0) is 4.74 Å². The fourth-order valence-electron chi connectivity index (χ4n) is 1.42. The first-order chi connectivity index (χ1) is 7.67. The first-order valence-corrected chi connectivity index (χ1v) is 5.31. The average molecular weight is 285 g/mol. The van der Waals surface area contributed by atoms with E-state index in [0.717, 1.165) is 9.86 Å². The minimum absolute atomic E-state index is 0.173. The van der Waals surface area contributed by atoms with E-state index in [1.165, 1.54) is 7.11 Å². The highest BCUT2D eigenvalue weighted by molar-refractivity contribution is 9.10. The van der Waals surface area contributed by atoms with Crippen LogP contribution in [-0.4, -0.2) is 20.2 Å². The number of ether oxygens (including phenoxy) is 2. The Kier molecular flexibility index (Phi) is 2.87. The zero-order valence-electron chi connectivity index (χ0n) is 8.74. The van der Waals surface area contributed by atoms with E-state index in [1.807, 2.05) is 0 Å². The van der Waals surface area contributed by atoms with E-state index in [4.69, 9.17) is 9.15 Å². The summed E-state index contributed by atoms with van der Waals surface area (Å²) in [4.78, 5) is 11.3. The number of halogens is 1. The smallest absolute Gasteiger partial charge is 0.373 e. The topological polar surface area (TPSA) is 48.7 Å². The molecular formula is C11H9BrO4. The molecule has 0 amide bonds. The summed E-state index contributed by atoms with van der Waals surface area (Å²) in [5.74, 6) is 0.359. The van der Waals surface area contributed by atoms with Gasteiger partial charge in [0.2, 0.25) is 5.76 Å². The number of benzene rings is 1. The summed E-state index contributed by atoms with van der Waals surface area (Å²) in [5, 5.41) is 0.778. The van der Waals surface area contributed by atoms with E-state index in [2.05, 4.69) is 20.7 Å². The van der Waals surface area contributed by atoms with E-state index >= 15 is 0 Å². The summed E-state index contributed by atoms with van der Waals surface area (Å²) >= 11 is 3.39. The third kappa shape index (κ3) is 1.67. The molecule has 1 heterocycles. The normalized spacial score (nSPS) is 10.4. The Morgan fingerprint density at radius 1 is 1.38 bits per heavy atom. The molecule has 0 aliphatic carbocycles. The average Bonchev–Trinajstić information content (AvgIpc) is 2.73. The molecule has 0 N–H and O–H groups in total. The Bertz CT molecular complexity index is 544. The quantitative estimate of drug-likeness (QED) is 0.796. The molecule has 0 radical (unpaired) electrons. The van der Waals surface area contributed by atoms with E-state index in [-0.39, 0.29) is 5.76 Å². The number of rotatable bonds is 2. The van der Waals surface area contributed by atoms with Crippen LogP contribution in [0.25, 0.3) is 11.0 Å². The second-order valence-corrected chi connectivity index (χ2v) is 3.89. The van der Waals surface area contributed by atoms with E-state index < -0.39 is 5.97 Å². The zero-order chi connectivity index (χ0) is 11.7. The Labute approximate surface area is 100 Å². The van der Waals surface area contributed by atoms with Crippen molar-refractivity contribution in [3.05, 3.63) is 28.4 Å². The number of esters is 1. The van der Waals surface area contributed by atoms with Crippen LogP contribution >= 0.6 is 15.9 Å². The minimum atomic E-state index is -0.498. The number of carbonyl (C=O) groups is 1. The molecule has 4 nitrogen and oxygen atoms in total. The van der Waals surface area contributed by atoms with Gasteiger partial charge in [0.05, 0.1) is 18.7 Å². The predicted molar refractivity (Wildman–Crippen MR) is 61.8 cm³/mol. The largest absolute Gasteiger partial charge is 0.496 e. The van der Waals surface area contributed by atoms with Gasteiger partial charge in [0.25, 0.3) is 0 Å². The number of fused-ring (bicyclic) bond motifs is 1. The maximum atomic E-state index is 11.3. The summed E-state index contributed by atoms with van der Waals surface area (Å²) in [6.45, 7) is 0. The SMILES string of the molecule is COC(=O)c1cc2c(Br)c(OC)ccc2o1. The molecule has 84 valence electrons. The molecule has 0 fully saturated rings. The van der Waals surface area contributed by atoms with Gasteiger partial charge in [-0.05, 0) is 28.1 Å². The van der Waals surface area contributed by atoms with Gasteiger partial charge in [0.15, 0.2) is 0 Å². The summed E-state index contributed by atoms with van der Waals surface area (Å²) in [5.41, 5.74) is 0.605. The molecule has 2 aromatic rings. The second kappa shape index (κ2) is 4.17. The molecule has 2 rings (SSSR count). The van der Waals surface area contributed by atoms with Crippen LogP contribution in [0.15, 0.2) is 27.1 Å². The van der Waals surface area contributed by atoms with Crippen molar-refractivity contribution in [3.8, 4) is 5.75 Å². The maximum Gasteiger partial charge on any atom is 0.373 e. The van der Waals surface area contributed by atoms with Crippen molar-refractivity contribution < 1.29 is 18.7 Å². The van der Waals surface area contributed by atoms with Crippen LogP contribution in [0.1, 0.15) is 10.6 Å². The van der Waals surface area contributed by atoms with Gasteiger partial charge >= 0.3 is 5.97 Å².